The van der Waals surface area contributed by atoms with Crippen molar-refractivity contribution in [3.05, 3.63) is 12.3 Å². The summed E-state index contributed by atoms with van der Waals surface area (Å²) in [6.45, 7) is 5.87. The summed E-state index contributed by atoms with van der Waals surface area (Å²) in [5.41, 5.74) is 5.63. The normalized spacial score (nSPS) is 25.6. The second-order valence-electron chi connectivity index (χ2n) is 4.81. The molecule has 98 valence electrons. The topological polar surface area (TPSA) is 67.5 Å². The molecule has 18 heavy (non-hydrogen) atoms. The van der Waals surface area contributed by atoms with Gasteiger partial charge in [-0.1, -0.05) is 0 Å². The van der Waals surface area contributed by atoms with Crippen molar-refractivity contribution in [2.45, 2.75) is 12.5 Å². The van der Waals surface area contributed by atoms with Crippen LogP contribution in [0.3, 0.4) is 0 Å². The van der Waals surface area contributed by atoms with Gasteiger partial charge in [0.05, 0.1) is 13.2 Å². The van der Waals surface area contributed by atoms with Crippen molar-refractivity contribution in [2.75, 3.05) is 50.0 Å². The van der Waals surface area contributed by atoms with Crippen molar-refractivity contribution in [1.29, 1.82) is 0 Å². The highest BCUT2D eigenvalue weighted by molar-refractivity contribution is 5.42. The highest BCUT2D eigenvalue weighted by atomic mass is 16.5. The Labute approximate surface area is 107 Å². The SMILES string of the molecule is Nc1nccc(N2CCC(N3CCOCC3)C2)n1. The van der Waals surface area contributed by atoms with Crippen LogP contribution in [0.5, 0.6) is 0 Å². The van der Waals surface area contributed by atoms with Crippen molar-refractivity contribution >= 4 is 11.8 Å². The van der Waals surface area contributed by atoms with Crippen LogP contribution in [0, 0.1) is 0 Å². The van der Waals surface area contributed by atoms with E-state index in [9.17, 15) is 0 Å². The first-order chi connectivity index (χ1) is 8.83. The van der Waals surface area contributed by atoms with Crippen LogP contribution < -0.4 is 10.6 Å². The number of aromatic nitrogens is 2. The molecule has 1 aromatic rings. The van der Waals surface area contributed by atoms with E-state index in [0.29, 0.717) is 12.0 Å². The minimum Gasteiger partial charge on any atom is -0.379 e. The molecule has 0 saturated carbocycles. The van der Waals surface area contributed by atoms with Crippen molar-refractivity contribution in [1.82, 2.24) is 14.9 Å². The number of nitrogen functional groups attached to an aromatic ring is 1. The number of nitrogens with zero attached hydrogens (tertiary/aromatic N) is 4. The van der Waals surface area contributed by atoms with Gasteiger partial charge in [0, 0.05) is 38.4 Å². The summed E-state index contributed by atoms with van der Waals surface area (Å²) < 4.78 is 5.39. The minimum absolute atomic E-state index is 0.349. The Kier molecular flexibility index (Phi) is 3.29. The molecule has 2 N–H and O–H groups in total. The highest BCUT2D eigenvalue weighted by Gasteiger charge is 2.29. The van der Waals surface area contributed by atoms with Crippen molar-refractivity contribution in [2.24, 2.45) is 0 Å². The number of hydrogen-bond donors (Lipinski definition) is 1. The lowest BCUT2D eigenvalue weighted by Crippen LogP contribution is -2.44. The number of rotatable bonds is 2. The van der Waals surface area contributed by atoms with Gasteiger partial charge in [-0.05, 0) is 12.5 Å². The number of anilines is 2. The molecule has 0 radical (unpaired) electrons. The second kappa shape index (κ2) is 5.07. The molecule has 1 aromatic heterocycles. The molecular weight excluding hydrogens is 230 g/mol. The van der Waals surface area contributed by atoms with Gasteiger partial charge in [-0.15, -0.1) is 0 Å². The fourth-order valence-electron chi connectivity index (χ4n) is 2.73. The Balaban J connectivity index is 1.64. The second-order valence-corrected chi connectivity index (χ2v) is 4.81. The van der Waals surface area contributed by atoms with Crippen LogP contribution >= 0.6 is 0 Å². The number of morpholine rings is 1. The summed E-state index contributed by atoms with van der Waals surface area (Å²) in [7, 11) is 0. The third-order valence-electron chi connectivity index (χ3n) is 3.71. The molecule has 3 heterocycles. The fourth-order valence-corrected chi connectivity index (χ4v) is 2.73. The molecule has 2 aliphatic rings. The summed E-state index contributed by atoms with van der Waals surface area (Å²) in [6, 6.07) is 2.54. The third kappa shape index (κ3) is 2.39. The summed E-state index contributed by atoms with van der Waals surface area (Å²) in [5.74, 6) is 1.29. The van der Waals surface area contributed by atoms with E-state index in [2.05, 4.69) is 19.8 Å². The predicted molar refractivity (Wildman–Crippen MR) is 69.5 cm³/mol. The van der Waals surface area contributed by atoms with E-state index in [1.54, 1.807) is 6.20 Å². The lowest BCUT2D eigenvalue weighted by Gasteiger charge is -2.32. The minimum atomic E-state index is 0.349. The van der Waals surface area contributed by atoms with Crippen LogP contribution in [-0.2, 0) is 4.74 Å². The predicted octanol–water partition coefficient (Wildman–Crippen LogP) is -0.0303. The maximum atomic E-state index is 5.63. The van der Waals surface area contributed by atoms with Gasteiger partial charge in [-0.2, -0.15) is 4.98 Å². The molecule has 6 heteroatoms. The molecule has 2 fully saturated rings. The van der Waals surface area contributed by atoms with Crippen LogP contribution in [0.15, 0.2) is 12.3 Å². The van der Waals surface area contributed by atoms with Gasteiger partial charge in [0.15, 0.2) is 0 Å². The molecule has 0 spiro atoms. The Morgan fingerprint density at radius 1 is 1.28 bits per heavy atom. The first-order valence-corrected chi connectivity index (χ1v) is 6.48. The van der Waals surface area contributed by atoms with E-state index < -0.39 is 0 Å². The number of hydrogen-bond acceptors (Lipinski definition) is 6. The van der Waals surface area contributed by atoms with Gasteiger partial charge in [0.25, 0.3) is 0 Å². The highest BCUT2D eigenvalue weighted by Crippen LogP contribution is 2.22. The van der Waals surface area contributed by atoms with Crippen LogP contribution in [0.4, 0.5) is 11.8 Å². The van der Waals surface area contributed by atoms with Gasteiger partial charge < -0.3 is 15.4 Å². The summed E-state index contributed by atoms with van der Waals surface area (Å²) in [5, 5.41) is 0. The van der Waals surface area contributed by atoms with Gasteiger partial charge in [-0.3, -0.25) is 4.90 Å². The average molecular weight is 249 g/mol. The third-order valence-corrected chi connectivity index (χ3v) is 3.71. The molecular formula is C12H19N5O. The first kappa shape index (κ1) is 11.7. The monoisotopic (exact) mass is 249 g/mol. The Morgan fingerprint density at radius 2 is 2.11 bits per heavy atom. The van der Waals surface area contributed by atoms with Crippen LogP contribution in [0.1, 0.15) is 6.42 Å². The lowest BCUT2D eigenvalue weighted by atomic mass is 10.2. The molecule has 3 rings (SSSR count). The zero-order valence-corrected chi connectivity index (χ0v) is 10.5. The molecule has 0 bridgehead atoms. The molecule has 0 amide bonds. The van der Waals surface area contributed by atoms with E-state index in [0.717, 1.165) is 45.2 Å². The zero-order chi connectivity index (χ0) is 12.4. The Bertz CT molecular complexity index is 407. The van der Waals surface area contributed by atoms with E-state index in [1.165, 1.54) is 6.42 Å². The largest absolute Gasteiger partial charge is 0.379 e. The fraction of sp³-hybridized carbons (Fsp3) is 0.667. The molecule has 0 aromatic carbocycles. The molecule has 6 nitrogen and oxygen atoms in total. The van der Waals surface area contributed by atoms with Crippen molar-refractivity contribution in [3.63, 3.8) is 0 Å². The maximum absolute atomic E-state index is 5.63. The molecule has 2 aliphatic heterocycles. The van der Waals surface area contributed by atoms with Crippen LogP contribution in [-0.4, -0.2) is 60.3 Å². The summed E-state index contributed by atoms with van der Waals surface area (Å²) >= 11 is 0. The van der Waals surface area contributed by atoms with E-state index >= 15 is 0 Å². The Hall–Kier alpha value is -1.40. The van der Waals surface area contributed by atoms with Crippen molar-refractivity contribution in [3.8, 4) is 0 Å². The van der Waals surface area contributed by atoms with Crippen LogP contribution in [0.25, 0.3) is 0 Å². The van der Waals surface area contributed by atoms with Gasteiger partial charge in [0.2, 0.25) is 5.95 Å². The summed E-state index contributed by atoms with van der Waals surface area (Å²) in [6.07, 6.45) is 2.91. The average Bonchev–Trinajstić information content (AvgIpc) is 2.89. The first-order valence-electron chi connectivity index (χ1n) is 6.48. The standard InChI is InChI=1S/C12H19N5O/c13-12-14-3-1-11(15-12)17-4-2-10(9-17)16-5-7-18-8-6-16/h1,3,10H,2,4-9H2,(H2,13,14,15). The molecule has 0 aliphatic carbocycles. The number of nitrogens with two attached hydrogens (primary N) is 1. The lowest BCUT2D eigenvalue weighted by molar-refractivity contribution is 0.0209. The van der Waals surface area contributed by atoms with Gasteiger partial charge >= 0.3 is 0 Å². The van der Waals surface area contributed by atoms with E-state index in [4.69, 9.17) is 10.5 Å². The van der Waals surface area contributed by atoms with Crippen molar-refractivity contribution < 1.29 is 4.74 Å². The van der Waals surface area contributed by atoms with Gasteiger partial charge in [0.1, 0.15) is 5.82 Å². The molecule has 2 saturated heterocycles. The summed E-state index contributed by atoms with van der Waals surface area (Å²) in [4.78, 5) is 13.0. The zero-order valence-electron chi connectivity index (χ0n) is 10.5. The quantitative estimate of drug-likeness (QED) is 0.794. The van der Waals surface area contributed by atoms with E-state index in [1.807, 2.05) is 6.07 Å². The Morgan fingerprint density at radius 3 is 2.89 bits per heavy atom. The maximum Gasteiger partial charge on any atom is 0.221 e. The number of ether oxygens (including phenoxy) is 1. The van der Waals surface area contributed by atoms with Crippen LogP contribution in [0.2, 0.25) is 0 Å². The molecule has 1 unspecified atom stereocenters. The smallest absolute Gasteiger partial charge is 0.221 e. The van der Waals surface area contributed by atoms with E-state index in [-0.39, 0.29) is 0 Å². The molecule has 1 atom stereocenters. The van der Waals surface area contributed by atoms with Gasteiger partial charge in [-0.25, -0.2) is 4.98 Å².